The van der Waals surface area contributed by atoms with Gasteiger partial charge in [0.1, 0.15) is 0 Å². The molecule has 0 spiro atoms. The lowest BCUT2D eigenvalue weighted by molar-refractivity contribution is -0.117. The van der Waals surface area contributed by atoms with Gasteiger partial charge in [-0.1, -0.05) is 24.3 Å². The molecule has 0 aliphatic heterocycles. The molecule has 0 saturated carbocycles. The van der Waals surface area contributed by atoms with E-state index in [9.17, 15) is 4.79 Å². The first-order chi connectivity index (χ1) is 12.0. The van der Waals surface area contributed by atoms with E-state index in [-0.39, 0.29) is 12.5 Å². The number of hydrogen-bond acceptors (Lipinski definition) is 6. The van der Waals surface area contributed by atoms with Crippen molar-refractivity contribution < 1.29 is 9.21 Å². The quantitative estimate of drug-likeness (QED) is 0.732. The van der Waals surface area contributed by atoms with Crippen LogP contribution in [0.1, 0.15) is 17.0 Å². The maximum Gasteiger partial charge on any atom is 0.257 e. The van der Waals surface area contributed by atoms with Crippen molar-refractivity contribution in [1.29, 1.82) is 0 Å². The summed E-state index contributed by atoms with van der Waals surface area (Å²) in [5.74, 6) is 0.932. The van der Waals surface area contributed by atoms with Crippen molar-refractivity contribution in [3.63, 3.8) is 0 Å². The minimum Gasteiger partial charge on any atom is -0.419 e. The summed E-state index contributed by atoms with van der Waals surface area (Å²) in [5, 5.41) is 13.0. The Labute approximate surface area is 150 Å². The molecule has 25 heavy (non-hydrogen) atoms. The molecule has 130 valence electrons. The summed E-state index contributed by atoms with van der Waals surface area (Å²) in [6, 6.07) is 9.82. The lowest BCUT2D eigenvalue weighted by Crippen LogP contribution is -2.30. The molecule has 0 bridgehead atoms. The van der Waals surface area contributed by atoms with Gasteiger partial charge >= 0.3 is 0 Å². The Morgan fingerprint density at radius 3 is 2.64 bits per heavy atom. The number of nitrogens with one attached hydrogen (secondary N) is 1. The molecule has 0 aliphatic rings. The highest BCUT2D eigenvalue weighted by Crippen LogP contribution is 2.23. The number of benzene rings is 1. The van der Waals surface area contributed by atoms with Gasteiger partial charge in [0, 0.05) is 5.69 Å². The Balaban J connectivity index is 1.57. The number of anilines is 1. The van der Waals surface area contributed by atoms with Crippen LogP contribution in [0, 0.1) is 13.8 Å². The zero-order valence-corrected chi connectivity index (χ0v) is 15.3. The lowest BCUT2D eigenvalue weighted by Gasteiger charge is -2.16. The van der Waals surface area contributed by atoms with Gasteiger partial charge in [0.15, 0.2) is 0 Å². The Morgan fingerprint density at radius 1 is 1.20 bits per heavy atom. The molecule has 2 aromatic heterocycles. The minimum atomic E-state index is -0.0714. The average molecular weight is 356 g/mol. The standard InChI is InChI=1S/C18H20N4O2S/c1-12-6-4-7-13(2)17(12)19-15(23)10-22(3)11-16-20-21-18(24-16)14-8-5-9-25-14/h4-9H,10-11H2,1-3H3,(H,19,23). The SMILES string of the molecule is Cc1cccc(C)c1NC(=O)CN(C)Cc1nnc(-c2cccs2)o1. The number of rotatable bonds is 6. The van der Waals surface area contributed by atoms with E-state index < -0.39 is 0 Å². The van der Waals surface area contributed by atoms with Gasteiger partial charge in [-0.3, -0.25) is 9.69 Å². The molecular weight excluding hydrogens is 336 g/mol. The highest BCUT2D eigenvalue weighted by atomic mass is 32.1. The molecule has 3 rings (SSSR count). The van der Waals surface area contributed by atoms with Gasteiger partial charge in [0.05, 0.1) is 18.0 Å². The first-order valence-corrected chi connectivity index (χ1v) is 8.82. The van der Waals surface area contributed by atoms with Crippen LogP contribution in [0.4, 0.5) is 5.69 Å². The zero-order chi connectivity index (χ0) is 17.8. The Hall–Kier alpha value is -2.51. The smallest absolute Gasteiger partial charge is 0.257 e. The van der Waals surface area contributed by atoms with Crippen LogP contribution >= 0.6 is 11.3 Å². The second-order valence-electron chi connectivity index (χ2n) is 5.97. The Kier molecular flexibility index (Phi) is 5.25. The number of aromatic nitrogens is 2. The van der Waals surface area contributed by atoms with E-state index in [0.717, 1.165) is 21.7 Å². The van der Waals surface area contributed by atoms with Crippen LogP contribution in [0.2, 0.25) is 0 Å². The molecule has 2 heterocycles. The molecule has 3 aromatic rings. The summed E-state index contributed by atoms with van der Waals surface area (Å²) < 4.78 is 5.65. The molecule has 0 fully saturated rings. The van der Waals surface area contributed by atoms with Crippen molar-refractivity contribution in [2.45, 2.75) is 20.4 Å². The number of carbonyl (C=O) groups excluding carboxylic acids is 1. The van der Waals surface area contributed by atoms with E-state index in [2.05, 4.69) is 15.5 Å². The normalized spacial score (nSPS) is 11.0. The summed E-state index contributed by atoms with van der Waals surface area (Å²) in [7, 11) is 1.85. The van der Waals surface area contributed by atoms with E-state index in [0.29, 0.717) is 18.3 Å². The summed E-state index contributed by atoms with van der Waals surface area (Å²) in [6.45, 7) is 4.62. The number of hydrogen-bond donors (Lipinski definition) is 1. The van der Waals surface area contributed by atoms with Gasteiger partial charge in [-0.2, -0.15) is 0 Å². The number of thiophene rings is 1. The van der Waals surface area contributed by atoms with E-state index in [1.165, 1.54) is 0 Å². The second kappa shape index (κ2) is 7.58. The van der Waals surface area contributed by atoms with E-state index in [1.54, 1.807) is 11.3 Å². The third-order valence-electron chi connectivity index (χ3n) is 3.76. The monoisotopic (exact) mass is 356 g/mol. The molecule has 1 aromatic carbocycles. The number of carbonyl (C=O) groups is 1. The highest BCUT2D eigenvalue weighted by molar-refractivity contribution is 7.13. The van der Waals surface area contributed by atoms with Gasteiger partial charge in [-0.15, -0.1) is 21.5 Å². The fraction of sp³-hybridized carbons (Fsp3) is 0.278. The molecule has 0 aliphatic carbocycles. The topological polar surface area (TPSA) is 71.3 Å². The summed E-state index contributed by atoms with van der Waals surface area (Å²) in [6.07, 6.45) is 0. The Bertz CT molecular complexity index is 838. The number of para-hydroxylation sites is 1. The molecule has 7 heteroatoms. The number of likely N-dealkylation sites (N-methyl/N-ethyl adjacent to an activating group) is 1. The van der Waals surface area contributed by atoms with Crippen LogP contribution in [-0.2, 0) is 11.3 Å². The van der Waals surface area contributed by atoms with Gasteiger partial charge in [-0.25, -0.2) is 0 Å². The van der Waals surface area contributed by atoms with Crippen LogP contribution in [0.3, 0.4) is 0 Å². The van der Waals surface area contributed by atoms with Crippen LogP contribution < -0.4 is 5.32 Å². The van der Waals surface area contributed by atoms with Gasteiger partial charge in [0.2, 0.25) is 11.8 Å². The van der Waals surface area contributed by atoms with E-state index >= 15 is 0 Å². The van der Waals surface area contributed by atoms with Crippen molar-refractivity contribution in [1.82, 2.24) is 15.1 Å². The predicted molar refractivity (Wildman–Crippen MR) is 98.5 cm³/mol. The first-order valence-electron chi connectivity index (χ1n) is 7.94. The summed E-state index contributed by atoms with van der Waals surface area (Å²) in [5.41, 5.74) is 2.97. The zero-order valence-electron chi connectivity index (χ0n) is 14.4. The second-order valence-corrected chi connectivity index (χ2v) is 6.91. The largest absolute Gasteiger partial charge is 0.419 e. The Morgan fingerprint density at radius 2 is 1.96 bits per heavy atom. The van der Waals surface area contributed by atoms with Crippen molar-refractivity contribution in [2.24, 2.45) is 0 Å². The number of aryl methyl sites for hydroxylation is 2. The van der Waals surface area contributed by atoms with Crippen molar-refractivity contribution in [2.75, 3.05) is 18.9 Å². The summed E-state index contributed by atoms with van der Waals surface area (Å²) in [4.78, 5) is 15.1. The van der Waals surface area contributed by atoms with Crippen molar-refractivity contribution in [3.8, 4) is 10.8 Å². The molecule has 0 radical (unpaired) electrons. The van der Waals surface area contributed by atoms with E-state index in [4.69, 9.17) is 4.42 Å². The fourth-order valence-electron chi connectivity index (χ4n) is 2.54. The van der Waals surface area contributed by atoms with Crippen LogP contribution in [-0.4, -0.2) is 34.6 Å². The highest BCUT2D eigenvalue weighted by Gasteiger charge is 2.14. The molecule has 6 nitrogen and oxygen atoms in total. The molecule has 1 amide bonds. The molecule has 0 saturated heterocycles. The minimum absolute atomic E-state index is 0.0714. The molecular formula is C18H20N4O2S. The maximum atomic E-state index is 12.3. The third kappa shape index (κ3) is 4.32. The van der Waals surface area contributed by atoms with E-state index in [1.807, 2.05) is 61.5 Å². The van der Waals surface area contributed by atoms with Crippen LogP contribution in [0.25, 0.3) is 10.8 Å². The molecule has 0 unspecified atom stereocenters. The number of amides is 1. The van der Waals surface area contributed by atoms with Crippen molar-refractivity contribution >= 4 is 22.9 Å². The van der Waals surface area contributed by atoms with Gasteiger partial charge in [0.25, 0.3) is 5.89 Å². The van der Waals surface area contributed by atoms with Gasteiger partial charge < -0.3 is 9.73 Å². The third-order valence-corrected chi connectivity index (χ3v) is 4.62. The van der Waals surface area contributed by atoms with Crippen LogP contribution in [0.5, 0.6) is 0 Å². The number of nitrogens with zero attached hydrogens (tertiary/aromatic N) is 3. The first kappa shape index (κ1) is 17.3. The average Bonchev–Trinajstić information content (AvgIpc) is 3.22. The lowest BCUT2D eigenvalue weighted by atomic mass is 10.1. The van der Waals surface area contributed by atoms with Crippen molar-refractivity contribution in [3.05, 3.63) is 52.7 Å². The maximum absolute atomic E-state index is 12.3. The summed E-state index contributed by atoms with van der Waals surface area (Å²) >= 11 is 1.55. The molecule has 0 atom stereocenters. The van der Waals surface area contributed by atoms with Crippen LogP contribution in [0.15, 0.2) is 40.1 Å². The molecule has 1 N–H and O–H groups in total. The van der Waals surface area contributed by atoms with Gasteiger partial charge in [-0.05, 0) is 43.5 Å². The predicted octanol–water partition coefficient (Wildman–Crippen LogP) is 3.49. The fourth-order valence-corrected chi connectivity index (χ4v) is 3.18.